The molecule has 2 N–H and O–H groups in total. The van der Waals surface area contributed by atoms with E-state index >= 15 is 0 Å². The SMILES string of the molecule is Nc1nc(COCC(F)F)nc2scc(-c3cccs3)c12. The topological polar surface area (TPSA) is 61.0 Å². The first-order valence-electron chi connectivity index (χ1n) is 6.08. The van der Waals surface area contributed by atoms with Gasteiger partial charge in [0.15, 0.2) is 5.82 Å². The molecule has 4 nitrogen and oxygen atoms in total. The number of anilines is 1. The van der Waals surface area contributed by atoms with E-state index in [1.165, 1.54) is 11.3 Å². The van der Waals surface area contributed by atoms with E-state index in [2.05, 4.69) is 9.97 Å². The molecule has 0 atom stereocenters. The molecule has 3 aromatic heterocycles. The van der Waals surface area contributed by atoms with Crippen molar-refractivity contribution in [3.63, 3.8) is 0 Å². The summed E-state index contributed by atoms with van der Waals surface area (Å²) in [5.41, 5.74) is 7.00. The minimum atomic E-state index is -2.50. The summed E-state index contributed by atoms with van der Waals surface area (Å²) in [6.07, 6.45) is -2.50. The fraction of sp³-hybridized carbons (Fsp3) is 0.231. The zero-order valence-electron chi connectivity index (χ0n) is 10.8. The smallest absolute Gasteiger partial charge is 0.261 e. The van der Waals surface area contributed by atoms with Crippen LogP contribution in [-0.2, 0) is 11.3 Å². The minimum absolute atomic E-state index is 0.0727. The number of nitrogens with zero attached hydrogens (tertiary/aromatic N) is 2. The Hall–Kier alpha value is -1.64. The van der Waals surface area contributed by atoms with Crippen molar-refractivity contribution in [2.24, 2.45) is 0 Å². The van der Waals surface area contributed by atoms with Crippen molar-refractivity contribution in [2.45, 2.75) is 13.0 Å². The van der Waals surface area contributed by atoms with E-state index in [0.29, 0.717) is 11.6 Å². The molecule has 3 heterocycles. The van der Waals surface area contributed by atoms with Crippen LogP contribution in [0.3, 0.4) is 0 Å². The molecular weight excluding hydrogens is 316 g/mol. The van der Waals surface area contributed by atoms with Crippen LogP contribution in [0.25, 0.3) is 20.7 Å². The molecule has 0 aromatic carbocycles. The average Bonchev–Trinajstić information content (AvgIpc) is 3.06. The summed E-state index contributed by atoms with van der Waals surface area (Å²) in [6, 6.07) is 3.97. The Bertz CT molecular complexity index is 743. The number of hydrogen-bond donors (Lipinski definition) is 1. The number of nitrogen functional groups attached to an aromatic ring is 1. The highest BCUT2D eigenvalue weighted by Crippen LogP contribution is 2.37. The molecule has 0 amide bonds. The lowest BCUT2D eigenvalue weighted by Gasteiger charge is -2.05. The van der Waals surface area contributed by atoms with E-state index in [0.717, 1.165) is 20.7 Å². The van der Waals surface area contributed by atoms with Crippen LogP contribution in [0.2, 0.25) is 0 Å². The molecule has 0 aliphatic rings. The average molecular weight is 327 g/mol. The Morgan fingerprint density at radius 2 is 2.14 bits per heavy atom. The lowest BCUT2D eigenvalue weighted by molar-refractivity contribution is 0.00782. The van der Waals surface area contributed by atoms with Gasteiger partial charge in [-0.15, -0.1) is 22.7 Å². The molecule has 0 aliphatic heterocycles. The Balaban J connectivity index is 1.91. The van der Waals surface area contributed by atoms with Gasteiger partial charge in [0.2, 0.25) is 0 Å². The quantitative estimate of drug-likeness (QED) is 0.774. The van der Waals surface area contributed by atoms with Gasteiger partial charge >= 0.3 is 0 Å². The molecule has 0 bridgehead atoms. The number of alkyl halides is 2. The molecule has 0 unspecified atom stereocenters. The number of fused-ring (bicyclic) bond motifs is 1. The fourth-order valence-corrected chi connectivity index (χ4v) is 3.72. The lowest BCUT2D eigenvalue weighted by Crippen LogP contribution is -2.07. The van der Waals surface area contributed by atoms with Gasteiger partial charge in [-0.1, -0.05) is 6.07 Å². The van der Waals surface area contributed by atoms with Gasteiger partial charge in [0, 0.05) is 15.8 Å². The third kappa shape index (κ3) is 3.02. The van der Waals surface area contributed by atoms with Gasteiger partial charge in [-0.2, -0.15) is 0 Å². The molecule has 110 valence electrons. The van der Waals surface area contributed by atoms with Crippen molar-refractivity contribution in [1.29, 1.82) is 0 Å². The molecule has 0 aliphatic carbocycles. The normalized spacial score (nSPS) is 11.6. The summed E-state index contributed by atoms with van der Waals surface area (Å²) < 4.78 is 28.9. The molecular formula is C13H11F2N3OS2. The summed E-state index contributed by atoms with van der Waals surface area (Å²) in [7, 11) is 0. The van der Waals surface area contributed by atoms with E-state index in [1.807, 2.05) is 22.9 Å². The summed E-state index contributed by atoms with van der Waals surface area (Å²) in [5, 5.41) is 4.77. The Kier molecular flexibility index (Phi) is 4.09. The van der Waals surface area contributed by atoms with E-state index in [-0.39, 0.29) is 6.61 Å². The van der Waals surface area contributed by atoms with Crippen molar-refractivity contribution in [3.05, 3.63) is 28.7 Å². The number of rotatable bonds is 5. The van der Waals surface area contributed by atoms with Crippen LogP contribution in [0.15, 0.2) is 22.9 Å². The zero-order chi connectivity index (χ0) is 14.8. The molecule has 21 heavy (non-hydrogen) atoms. The Morgan fingerprint density at radius 1 is 1.29 bits per heavy atom. The van der Waals surface area contributed by atoms with Crippen LogP contribution in [0.5, 0.6) is 0 Å². The molecule has 3 rings (SSSR count). The van der Waals surface area contributed by atoms with Gasteiger partial charge in [-0.05, 0) is 11.4 Å². The molecule has 0 spiro atoms. The van der Waals surface area contributed by atoms with Gasteiger partial charge in [0.1, 0.15) is 23.9 Å². The molecule has 8 heteroatoms. The van der Waals surface area contributed by atoms with Crippen molar-refractivity contribution in [1.82, 2.24) is 9.97 Å². The molecule has 0 fully saturated rings. The van der Waals surface area contributed by atoms with Crippen molar-refractivity contribution >= 4 is 38.7 Å². The van der Waals surface area contributed by atoms with Crippen molar-refractivity contribution in [2.75, 3.05) is 12.3 Å². The third-order valence-corrected chi connectivity index (χ3v) is 4.54. The van der Waals surface area contributed by atoms with Crippen LogP contribution in [0, 0.1) is 0 Å². The zero-order valence-corrected chi connectivity index (χ0v) is 12.4. The van der Waals surface area contributed by atoms with Crippen molar-refractivity contribution < 1.29 is 13.5 Å². The summed E-state index contributed by atoms with van der Waals surface area (Å²) in [4.78, 5) is 10.3. The van der Waals surface area contributed by atoms with Gasteiger partial charge in [0.05, 0.1) is 5.39 Å². The second kappa shape index (κ2) is 6.00. The van der Waals surface area contributed by atoms with Crippen LogP contribution in [0.4, 0.5) is 14.6 Å². The highest BCUT2D eigenvalue weighted by atomic mass is 32.1. The summed E-state index contributed by atoms with van der Waals surface area (Å²) >= 11 is 3.07. The summed E-state index contributed by atoms with van der Waals surface area (Å²) in [5.74, 6) is 0.667. The molecule has 3 aromatic rings. The van der Waals surface area contributed by atoms with E-state index < -0.39 is 13.0 Å². The van der Waals surface area contributed by atoms with E-state index in [4.69, 9.17) is 10.5 Å². The number of halogens is 2. The van der Waals surface area contributed by atoms with Gasteiger partial charge in [-0.3, -0.25) is 0 Å². The van der Waals surface area contributed by atoms with Gasteiger partial charge in [0.25, 0.3) is 6.43 Å². The van der Waals surface area contributed by atoms with Crippen LogP contribution >= 0.6 is 22.7 Å². The number of hydrogen-bond acceptors (Lipinski definition) is 6. The lowest BCUT2D eigenvalue weighted by atomic mass is 10.2. The van der Waals surface area contributed by atoms with Crippen LogP contribution in [0.1, 0.15) is 5.82 Å². The van der Waals surface area contributed by atoms with E-state index in [9.17, 15) is 8.78 Å². The number of thiophene rings is 2. The number of ether oxygens (including phenoxy) is 1. The number of nitrogens with two attached hydrogens (primary N) is 1. The second-order valence-corrected chi connectivity index (χ2v) is 6.04. The first-order chi connectivity index (χ1) is 10.1. The van der Waals surface area contributed by atoms with Gasteiger partial charge < -0.3 is 10.5 Å². The van der Waals surface area contributed by atoms with Gasteiger partial charge in [-0.25, -0.2) is 18.7 Å². The Morgan fingerprint density at radius 3 is 2.86 bits per heavy atom. The van der Waals surface area contributed by atoms with E-state index in [1.54, 1.807) is 11.3 Å². The monoisotopic (exact) mass is 327 g/mol. The highest BCUT2D eigenvalue weighted by Gasteiger charge is 2.14. The standard InChI is InChI=1S/C13H11F2N3OS2/c14-9(15)4-19-5-10-17-12(16)11-7(6-21-13(11)18-10)8-2-1-3-20-8/h1-3,6,9H,4-5H2,(H2,16,17,18). The maximum atomic E-state index is 12.0. The summed E-state index contributed by atoms with van der Waals surface area (Å²) in [6.45, 7) is -0.705. The van der Waals surface area contributed by atoms with Crippen molar-refractivity contribution in [3.8, 4) is 10.4 Å². The molecule has 0 saturated heterocycles. The van der Waals surface area contributed by atoms with Crippen LogP contribution < -0.4 is 5.73 Å². The second-order valence-electron chi connectivity index (χ2n) is 4.24. The molecule has 0 radical (unpaired) electrons. The Labute approximate surface area is 127 Å². The minimum Gasteiger partial charge on any atom is -0.383 e. The maximum Gasteiger partial charge on any atom is 0.261 e. The fourth-order valence-electron chi connectivity index (χ4n) is 1.93. The molecule has 0 saturated carbocycles. The first kappa shape index (κ1) is 14.3. The predicted octanol–water partition coefficient (Wildman–Crippen LogP) is 3.78. The largest absolute Gasteiger partial charge is 0.383 e. The third-order valence-electron chi connectivity index (χ3n) is 2.77. The maximum absolute atomic E-state index is 12.0. The first-order valence-corrected chi connectivity index (χ1v) is 7.84. The highest BCUT2D eigenvalue weighted by molar-refractivity contribution is 7.18. The number of aromatic nitrogens is 2. The van der Waals surface area contributed by atoms with Crippen LogP contribution in [-0.4, -0.2) is 23.0 Å². The predicted molar refractivity (Wildman–Crippen MR) is 80.8 cm³/mol.